The van der Waals surface area contributed by atoms with Crippen LogP contribution in [0.3, 0.4) is 0 Å². The maximum absolute atomic E-state index is 10.3. The molecule has 0 aromatic heterocycles. The van der Waals surface area contributed by atoms with Crippen LogP contribution >= 0.6 is 0 Å². The average molecular weight is 502 g/mol. The van der Waals surface area contributed by atoms with E-state index in [0.29, 0.717) is 6.42 Å². The Morgan fingerprint density at radius 3 is 1.00 bits per heavy atom. The van der Waals surface area contributed by atoms with Crippen LogP contribution in [0.4, 0.5) is 0 Å². The van der Waals surface area contributed by atoms with E-state index < -0.39 is 28.7 Å². The van der Waals surface area contributed by atoms with Crippen LogP contribution in [0.15, 0.2) is 0 Å². The number of carbonyl (C=O) groups excluding carboxylic acids is 1. The Kier molecular flexibility index (Phi) is 47.8. The monoisotopic (exact) mass is 501 g/mol. The van der Waals surface area contributed by atoms with Crippen LogP contribution in [0.1, 0.15) is 19.1 Å². The Hall–Kier alpha value is -0.900. The van der Waals surface area contributed by atoms with Crippen molar-refractivity contribution in [3.8, 4) is 0 Å². The van der Waals surface area contributed by atoms with Gasteiger partial charge in [0, 0.05) is 19.2 Å². The summed E-state index contributed by atoms with van der Waals surface area (Å²) in [5, 5.41) is 72.0. The summed E-state index contributed by atoms with van der Waals surface area (Å²) in [6, 6.07) is 0. The fraction of sp³-hybridized carbons (Fsp3) is 0.929. The number of aliphatic hydroxyl groups excluding tert-OH is 9. The molecular weight excluding hydrogens is 456 g/mol. The maximum atomic E-state index is 10.3. The van der Waals surface area contributed by atoms with E-state index in [1.807, 2.05) is 6.92 Å². The molecule has 0 aromatic rings. The molecule has 31 heavy (non-hydrogen) atoms. The molecule has 0 saturated heterocycles. The fourth-order valence-electron chi connectivity index (χ4n) is 0.436. The van der Waals surface area contributed by atoms with Gasteiger partial charge in [-0.25, -0.2) is 0 Å². The van der Waals surface area contributed by atoms with Crippen molar-refractivity contribution in [3.63, 3.8) is 0 Å². The van der Waals surface area contributed by atoms with Crippen molar-refractivity contribution in [1.82, 2.24) is 0 Å². The molecule has 0 bridgehead atoms. The predicted octanol–water partition coefficient (Wildman–Crippen LogP) is -4.24. The number of ketones is 1. The van der Waals surface area contributed by atoms with E-state index in [9.17, 15) is 4.79 Å². The summed E-state index contributed by atoms with van der Waals surface area (Å²) in [5.74, 6) is 0.155. The van der Waals surface area contributed by atoms with Gasteiger partial charge in [0.25, 0.3) is 0 Å². The summed E-state index contributed by atoms with van der Waals surface area (Å²) in [6.45, 7) is -0.106. The van der Waals surface area contributed by atoms with Gasteiger partial charge in [0.1, 0.15) is 24.9 Å². The van der Waals surface area contributed by atoms with Crippen LogP contribution in [0.25, 0.3) is 0 Å². The highest BCUT2D eigenvalue weighted by Gasteiger charge is 1.95. The number of hydrogen-bond donors (Lipinski definition) is 11. The lowest BCUT2D eigenvalue weighted by Crippen LogP contribution is -2.15. The fourth-order valence-corrected chi connectivity index (χ4v) is 0.436. The molecule has 0 saturated carbocycles. The van der Waals surface area contributed by atoms with Crippen molar-refractivity contribution in [2.75, 3.05) is 53.4 Å². The molecule has 0 fully saturated rings. The summed E-state index contributed by atoms with van der Waals surface area (Å²) in [6.07, 6.45) is -2.28. The van der Waals surface area contributed by atoms with Crippen LogP contribution in [0.5, 0.6) is 0 Å². The van der Waals surface area contributed by atoms with Gasteiger partial charge in [-0.05, 0) is 0 Å². The van der Waals surface area contributed by atoms with Gasteiger partial charge in [-0.3, -0.25) is 13.9 Å². The zero-order valence-corrected chi connectivity index (χ0v) is 18.1. The highest BCUT2D eigenvalue weighted by Crippen LogP contribution is 1.78. The number of ether oxygens (including phenoxy) is 1. The van der Waals surface area contributed by atoms with E-state index >= 15 is 0 Å². The van der Waals surface area contributed by atoms with Crippen LogP contribution in [0, 0.1) is 0 Å². The Labute approximate surface area is 186 Å². The summed E-state index contributed by atoms with van der Waals surface area (Å²) in [4.78, 5) is 10.3. The smallest absolute Gasteiger partial charge is 0.394 e. The minimum Gasteiger partial charge on any atom is -0.870 e. The first kappa shape index (κ1) is 43.9. The number of methoxy groups -OCH3 is 1. The molecule has 0 rings (SSSR count). The Bertz CT molecular complexity index is 393. The van der Waals surface area contributed by atoms with Gasteiger partial charge in [0.15, 0.2) is 5.78 Å². The first-order chi connectivity index (χ1) is 13.7. The van der Waals surface area contributed by atoms with Gasteiger partial charge in [-0.2, -0.15) is 8.42 Å². The van der Waals surface area contributed by atoms with Gasteiger partial charge in [-0.1, -0.05) is 6.92 Å². The maximum Gasteiger partial charge on any atom is 0.394 e. The zero-order valence-electron chi connectivity index (χ0n) is 17.3. The number of hydrogen-bond acceptors (Lipinski definition) is 14. The molecule has 0 radical (unpaired) electrons. The molecule has 0 heterocycles. The highest BCUT2D eigenvalue weighted by molar-refractivity contribution is 7.79. The second-order valence-electron chi connectivity index (χ2n) is 4.83. The van der Waals surface area contributed by atoms with Crippen molar-refractivity contribution in [2.24, 2.45) is 0 Å². The molecule has 204 valence electrons. The lowest BCUT2D eigenvalue weighted by atomic mass is 10.3. The summed E-state index contributed by atoms with van der Waals surface area (Å²) < 4.78 is 36.1. The summed E-state index contributed by atoms with van der Waals surface area (Å²) in [5.41, 5.74) is 0. The number of aliphatic hydroxyl groups is 9. The second-order valence-corrected chi connectivity index (χ2v) is 5.73. The van der Waals surface area contributed by atoms with E-state index in [-0.39, 0.29) is 63.2 Å². The number of carbonyl (C=O) groups is 1. The molecule has 0 aliphatic carbocycles. The summed E-state index contributed by atoms with van der Waals surface area (Å²) >= 11 is 0. The third kappa shape index (κ3) is 82.4. The topological polar surface area (TPSA) is 313 Å². The lowest BCUT2D eigenvalue weighted by Gasteiger charge is -1.96. The molecule has 0 atom stereocenters. The Morgan fingerprint density at radius 1 is 0.774 bits per heavy atom. The zero-order chi connectivity index (χ0) is 25.2. The van der Waals surface area contributed by atoms with Gasteiger partial charge >= 0.3 is 10.4 Å². The molecule has 17 heteroatoms. The molecule has 12 N–H and O–H groups in total. The van der Waals surface area contributed by atoms with E-state index in [0.717, 1.165) is 0 Å². The van der Waals surface area contributed by atoms with Crippen molar-refractivity contribution in [2.45, 2.75) is 31.7 Å². The molecule has 0 spiro atoms. The molecule has 0 unspecified atom stereocenters. The van der Waals surface area contributed by atoms with Crippen molar-refractivity contribution in [1.29, 1.82) is 0 Å². The molecule has 16 nitrogen and oxygen atoms in total. The van der Waals surface area contributed by atoms with Crippen LogP contribution in [-0.2, 0) is 19.9 Å². The molecular formula is C14H45O16S-. The quantitative estimate of drug-likeness (QED) is 0.133. The van der Waals surface area contributed by atoms with Crippen LogP contribution in [-0.4, -0.2) is 146 Å². The molecule has 0 aliphatic rings. The molecule has 0 aliphatic heterocycles. The number of Topliss-reactive ketones (excluding diaryl/α,β-unsaturated/α-hetero) is 1. The van der Waals surface area contributed by atoms with Gasteiger partial charge in [0.2, 0.25) is 0 Å². The third-order valence-corrected chi connectivity index (χ3v) is 1.96. The minimum absolute atomic E-state index is 0. The van der Waals surface area contributed by atoms with Gasteiger partial charge in [-0.15, -0.1) is 0 Å². The first-order valence-corrected chi connectivity index (χ1v) is 9.53. The first-order valence-electron chi connectivity index (χ1n) is 8.14. The van der Waals surface area contributed by atoms with E-state index in [4.69, 9.17) is 63.5 Å². The van der Waals surface area contributed by atoms with E-state index in [1.54, 1.807) is 0 Å². The minimum atomic E-state index is -4.67. The van der Waals surface area contributed by atoms with Gasteiger partial charge < -0.3 is 56.2 Å². The summed E-state index contributed by atoms with van der Waals surface area (Å²) in [7, 11) is -3.15. The molecule has 0 aromatic carbocycles. The molecule has 0 amide bonds. The van der Waals surface area contributed by atoms with Crippen LogP contribution < -0.4 is 0 Å². The van der Waals surface area contributed by atoms with Crippen molar-refractivity contribution in [3.05, 3.63) is 0 Å². The number of rotatable bonds is 9. The normalized spacial score (nSPS) is 9.68. The van der Waals surface area contributed by atoms with Gasteiger partial charge in [0.05, 0.1) is 39.6 Å². The third-order valence-electron chi connectivity index (χ3n) is 1.96. The van der Waals surface area contributed by atoms with E-state index in [1.165, 1.54) is 7.11 Å². The van der Waals surface area contributed by atoms with Crippen molar-refractivity contribution >= 4 is 16.2 Å². The SMILES string of the molecule is CCC(=O)COC.O=S(=O)(O)O.OCC(O)CO.OCC(O)CO.OCC(O)CO.[HH].[HH].[HH].[HH].[OH-]. The standard InChI is InChI=1S/C5H10O2.3C3H8O3.H2O4S.H2O.4H2/c1-3-5(6)4-7-2;3*4-1-3(6)2-5;1-5(2,3)4;;;;;/h3-4H2,1-2H3;3*3-6H,1-2H2;(H2,1,2,3,4);1H2;4*1H/p-1. The predicted molar refractivity (Wildman–Crippen MR) is 112 cm³/mol. The largest absolute Gasteiger partial charge is 0.870 e. The lowest BCUT2D eigenvalue weighted by molar-refractivity contribution is -0.122. The highest BCUT2D eigenvalue weighted by atomic mass is 32.3. The van der Waals surface area contributed by atoms with Crippen molar-refractivity contribution < 1.29 is 84.2 Å². The average Bonchev–Trinajstić information content (AvgIpc) is 2.71. The Morgan fingerprint density at radius 2 is 0.968 bits per heavy atom. The van der Waals surface area contributed by atoms with Crippen LogP contribution in [0.2, 0.25) is 0 Å². The Balaban J connectivity index is -0.0000000270. The van der Waals surface area contributed by atoms with E-state index in [2.05, 4.69) is 4.74 Å². The second kappa shape index (κ2) is 33.7.